The van der Waals surface area contributed by atoms with E-state index in [2.05, 4.69) is 38.1 Å². The van der Waals surface area contributed by atoms with Crippen LogP contribution in [0.5, 0.6) is 11.5 Å². The van der Waals surface area contributed by atoms with Crippen LogP contribution in [0.4, 0.5) is 0 Å². The summed E-state index contributed by atoms with van der Waals surface area (Å²) in [5.41, 5.74) is 2.00. The fraction of sp³-hybridized carbons (Fsp3) is 0.435. The van der Waals surface area contributed by atoms with Gasteiger partial charge in [-0.3, -0.25) is 4.99 Å². The molecule has 1 saturated heterocycles. The molecule has 2 aromatic carbocycles. The quantitative estimate of drug-likeness (QED) is 0.689. The molecule has 0 aromatic heterocycles. The van der Waals surface area contributed by atoms with E-state index in [0.717, 1.165) is 32.7 Å². The van der Waals surface area contributed by atoms with Crippen LogP contribution in [0, 0.1) is 0 Å². The maximum Gasteiger partial charge on any atom is 0.136 e. The van der Waals surface area contributed by atoms with Crippen LogP contribution >= 0.6 is 0 Å². The summed E-state index contributed by atoms with van der Waals surface area (Å²) >= 11 is 0. The second-order valence-corrected chi connectivity index (χ2v) is 7.25. The second kappa shape index (κ2) is 10.2. The molecule has 1 heterocycles. The van der Waals surface area contributed by atoms with Crippen molar-refractivity contribution in [2.45, 2.75) is 32.4 Å². The van der Waals surface area contributed by atoms with Gasteiger partial charge >= 0.3 is 0 Å². The summed E-state index contributed by atoms with van der Waals surface area (Å²) in [5, 5.41) is 10.3. The summed E-state index contributed by atoms with van der Waals surface area (Å²) in [6.45, 7) is 8.38. The molecule has 2 N–H and O–H groups in total. The number of ether oxygens (including phenoxy) is 2. The lowest BCUT2D eigenvalue weighted by molar-refractivity contribution is -0.940. The van der Waals surface area contributed by atoms with Gasteiger partial charge in [0.05, 0.1) is 19.8 Å². The molecule has 2 aromatic rings. The van der Waals surface area contributed by atoms with Gasteiger partial charge in [0.1, 0.15) is 36.7 Å². The minimum absolute atomic E-state index is 0.0749. The van der Waals surface area contributed by atoms with Crippen molar-refractivity contribution in [1.29, 1.82) is 0 Å². The highest BCUT2D eigenvalue weighted by molar-refractivity contribution is 5.83. The molecule has 1 aliphatic rings. The zero-order valence-electron chi connectivity index (χ0n) is 16.8. The predicted molar refractivity (Wildman–Crippen MR) is 112 cm³/mol. The lowest BCUT2D eigenvalue weighted by Gasteiger charge is -2.33. The molecule has 3 rings (SSSR count). The van der Waals surface area contributed by atoms with Gasteiger partial charge in [0.15, 0.2) is 0 Å². The van der Waals surface area contributed by atoms with E-state index >= 15 is 0 Å². The molecule has 0 bridgehead atoms. The lowest BCUT2D eigenvalue weighted by Crippen LogP contribution is -3.15. The Bertz CT molecular complexity index is 758. The monoisotopic (exact) mass is 383 g/mol. The minimum atomic E-state index is 0.0749. The third-order valence-electron chi connectivity index (χ3n) is 5.14. The molecular formula is C23H31N2O3+. The summed E-state index contributed by atoms with van der Waals surface area (Å²) in [6, 6.07) is 16.3. The van der Waals surface area contributed by atoms with Gasteiger partial charge in [-0.15, -0.1) is 0 Å². The van der Waals surface area contributed by atoms with Gasteiger partial charge in [-0.2, -0.15) is 0 Å². The molecule has 0 saturated carbocycles. The van der Waals surface area contributed by atoms with Crippen LogP contribution < -0.4 is 9.64 Å². The first kappa shape index (κ1) is 20.4. The largest absolute Gasteiger partial charge is 0.507 e. The topological polar surface area (TPSA) is 55.5 Å². The first-order chi connectivity index (χ1) is 13.7. The van der Waals surface area contributed by atoms with Gasteiger partial charge < -0.3 is 19.5 Å². The van der Waals surface area contributed by atoms with Crippen molar-refractivity contribution in [3.05, 3.63) is 59.7 Å². The summed E-state index contributed by atoms with van der Waals surface area (Å²) < 4.78 is 11.1. The number of aromatic hydroxyl groups is 1. The van der Waals surface area contributed by atoms with Crippen LogP contribution in [-0.2, 0) is 4.74 Å². The normalized spacial score (nSPS) is 17.5. The van der Waals surface area contributed by atoms with E-state index in [1.165, 1.54) is 10.5 Å². The number of benzene rings is 2. The first-order valence-electron chi connectivity index (χ1n) is 10.1. The van der Waals surface area contributed by atoms with Gasteiger partial charge in [-0.1, -0.05) is 37.3 Å². The highest BCUT2D eigenvalue weighted by Gasteiger charge is 2.30. The molecule has 5 nitrogen and oxygen atoms in total. The van der Waals surface area contributed by atoms with E-state index in [1.54, 1.807) is 12.3 Å². The van der Waals surface area contributed by atoms with Crippen LogP contribution in [0.25, 0.3) is 0 Å². The van der Waals surface area contributed by atoms with Crippen LogP contribution in [-0.4, -0.2) is 50.3 Å². The van der Waals surface area contributed by atoms with E-state index in [0.29, 0.717) is 17.9 Å². The van der Waals surface area contributed by atoms with Crippen molar-refractivity contribution in [1.82, 2.24) is 0 Å². The SMILES string of the molecule is CCCOc1ccc(C=N[C@H](C)[C@H](c2ccccc2)[NH+]2CCOCC2)c(O)c1. The maximum absolute atomic E-state index is 10.3. The van der Waals surface area contributed by atoms with Gasteiger partial charge in [0, 0.05) is 23.4 Å². The molecule has 2 atom stereocenters. The molecule has 0 aliphatic carbocycles. The van der Waals surface area contributed by atoms with Gasteiger partial charge in [0.2, 0.25) is 0 Å². The number of morpholine rings is 1. The molecular weight excluding hydrogens is 352 g/mol. The van der Waals surface area contributed by atoms with Crippen molar-refractivity contribution in [3.8, 4) is 11.5 Å². The number of phenolic OH excluding ortho intramolecular Hbond substituents is 1. The highest BCUT2D eigenvalue weighted by atomic mass is 16.5. The van der Waals surface area contributed by atoms with E-state index in [9.17, 15) is 5.11 Å². The second-order valence-electron chi connectivity index (χ2n) is 7.25. The average molecular weight is 384 g/mol. The number of phenols is 1. The standard InChI is InChI=1S/C23H30N2O3/c1-3-13-28-21-10-9-20(22(26)16-21)17-24-18(2)23(19-7-5-4-6-8-19)25-11-14-27-15-12-25/h4-10,16-18,23,26H,3,11-15H2,1-2H3/p+1/t18-,23-/m1/s1. The van der Waals surface area contributed by atoms with E-state index in [-0.39, 0.29) is 17.8 Å². The van der Waals surface area contributed by atoms with Crippen LogP contribution in [0.3, 0.4) is 0 Å². The summed E-state index contributed by atoms with van der Waals surface area (Å²) in [7, 11) is 0. The lowest BCUT2D eigenvalue weighted by atomic mass is 9.98. The van der Waals surface area contributed by atoms with Crippen molar-refractivity contribution in [3.63, 3.8) is 0 Å². The number of nitrogens with zero attached hydrogens (tertiary/aromatic N) is 1. The fourth-order valence-corrected chi connectivity index (χ4v) is 3.69. The highest BCUT2D eigenvalue weighted by Crippen LogP contribution is 2.23. The zero-order chi connectivity index (χ0) is 19.8. The Kier molecular flexibility index (Phi) is 7.46. The molecule has 0 amide bonds. The minimum Gasteiger partial charge on any atom is -0.507 e. The Hall–Kier alpha value is -2.37. The zero-order valence-corrected chi connectivity index (χ0v) is 16.8. The Labute approximate surface area is 167 Å². The number of hydrogen-bond acceptors (Lipinski definition) is 4. The van der Waals surface area contributed by atoms with Crippen molar-refractivity contribution < 1.29 is 19.5 Å². The van der Waals surface area contributed by atoms with Gasteiger partial charge in [0.25, 0.3) is 0 Å². The molecule has 28 heavy (non-hydrogen) atoms. The summed E-state index contributed by atoms with van der Waals surface area (Å²) in [4.78, 5) is 6.31. The van der Waals surface area contributed by atoms with E-state index in [4.69, 9.17) is 14.5 Å². The third-order valence-corrected chi connectivity index (χ3v) is 5.14. The summed E-state index contributed by atoms with van der Waals surface area (Å²) in [6.07, 6.45) is 2.71. The van der Waals surface area contributed by atoms with Gasteiger partial charge in [-0.25, -0.2) is 0 Å². The Morgan fingerprint density at radius 2 is 1.93 bits per heavy atom. The Morgan fingerprint density at radius 1 is 1.18 bits per heavy atom. The Morgan fingerprint density at radius 3 is 2.61 bits per heavy atom. The molecule has 0 radical (unpaired) electrons. The smallest absolute Gasteiger partial charge is 0.136 e. The summed E-state index contributed by atoms with van der Waals surface area (Å²) in [5.74, 6) is 0.879. The van der Waals surface area contributed by atoms with Crippen LogP contribution in [0.2, 0.25) is 0 Å². The molecule has 5 heteroatoms. The van der Waals surface area contributed by atoms with Gasteiger partial charge in [-0.05, 0) is 25.5 Å². The molecule has 1 aliphatic heterocycles. The third kappa shape index (κ3) is 5.33. The average Bonchev–Trinajstić information content (AvgIpc) is 2.73. The van der Waals surface area contributed by atoms with E-state index < -0.39 is 0 Å². The molecule has 0 unspecified atom stereocenters. The maximum atomic E-state index is 10.3. The number of quaternary nitrogens is 1. The van der Waals surface area contributed by atoms with Crippen molar-refractivity contribution in [2.24, 2.45) is 4.99 Å². The molecule has 0 spiro atoms. The number of nitrogens with one attached hydrogen (secondary N) is 1. The van der Waals surface area contributed by atoms with Crippen LogP contribution in [0.1, 0.15) is 37.4 Å². The van der Waals surface area contributed by atoms with Crippen molar-refractivity contribution >= 4 is 6.21 Å². The predicted octanol–water partition coefficient (Wildman–Crippen LogP) is 2.64. The molecule has 1 fully saturated rings. The molecule has 150 valence electrons. The Balaban J connectivity index is 1.76. The number of hydrogen-bond donors (Lipinski definition) is 2. The fourth-order valence-electron chi connectivity index (χ4n) is 3.69. The number of rotatable bonds is 8. The number of aliphatic imine (C=N–C) groups is 1. The van der Waals surface area contributed by atoms with E-state index in [1.807, 2.05) is 18.2 Å². The van der Waals surface area contributed by atoms with Crippen molar-refractivity contribution in [2.75, 3.05) is 32.9 Å². The first-order valence-corrected chi connectivity index (χ1v) is 10.1. The van der Waals surface area contributed by atoms with Crippen LogP contribution in [0.15, 0.2) is 53.5 Å².